The fourth-order valence-corrected chi connectivity index (χ4v) is 4.33. The summed E-state index contributed by atoms with van der Waals surface area (Å²) >= 11 is 2.75. The molecule has 4 nitrogen and oxygen atoms in total. The fraction of sp³-hybridized carbons (Fsp3) is 0.350. The number of fused-ring (bicyclic) bond motifs is 1. The summed E-state index contributed by atoms with van der Waals surface area (Å²) in [7, 11) is 0. The maximum atomic E-state index is 13.0. The van der Waals surface area contributed by atoms with Crippen LogP contribution < -0.4 is 5.56 Å². The largest absolute Gasteiger partial charge is 0.298 e. The van der Waals surface area contributed by atoms with E-state index in [-0.39, 0.29) is 11.3 Å². The molecule has 0 aliphatic rings. The maximum absolute atomic E-state index is 13.0. The molecular formula is C20H22N2O2S2. The van der Waals surface area contributed by atoms with Crippen molar-refractivity contribution in [2.75, 3.05) is 5.75 Å². The minimum atomic E-state index is -0.401. The number of carbonyl (C=O) groups excluding carboxylic acids is 1. The molecule has 0 aliphatic heterocycles. The van der Waals surface area contributed by atoms with Crippen LogP contribution in [0, 0.1) is 12.3 Å². The maximum Gasteiger partial charge on any atom is 0.272 e. The Morgan fingerprint density at radius 2 is 1.88 bits per heavy atom. The van der Waals surface area contributed by atoms with E-state index in [1.54, 1.807) is 4.57 Å². The van der Waals surface area contributed by atoms with Gasteiger partial charge in [-0.2, -0.15) is 0 Å². The van der Waals surface area contributed by atoms with E-state index in [2.05, 4.69) is 4.98 Å². The van der Waals surface area contributed by atoms with Crippen molar-refractivity contribution in [2.24, 2.45) is 5.41 Å². The minimum absolute atomic E-state index is 0.0451. The van der Waals surface area contributed by atoms with Gasteiger partial charge in [0.05, 0.1) is 17.8 Å². The van der Waals surface area contributed by atoms with E-state index in [4.69, 9.17) is 0 Å². The monoisotopic (exact) mass is 386 g/mol. The molecule has 0 saturated heterocycles. The Bertz CT molecular complexity index is 995. The number of nitrogens with zero attached hydrogens (tertiary/aromatic N) is 2. The van der Waals surface area contributed by atoms with E-state index < -0.39 is 5.41 Å². The third-order valence-corrected chi connectivity index (χ3v) is 6.03. The molecule has 136 valence electrons. The van der Waals surface area contributed by atoms with Crippen LogP contribution in [-0.4, -0.2) is 21.1 Å². The first kappa shape index (κ1) is 18.9. The van der Waals surface area contributed by atoms with Crippen LogP contribution in [0.5, 0.6) is 0 Å². The van der Waals surface area contributed by atoms with E-state index in [1.807, 2.05) is 63.4 Å². The van der Waals surface area contributed by atoms with Crippen molar-refractivity contribution in [3.05, 3.63) is 57.2 Å². The van der Waals surface area contributed by atoms with Crippen LogP contribution in [0.15, 0.2) is 45.7 Å². The van der Waals surface area contributed by atoms with Gasteiger partial charge < -0.3 is 0 Å². The molecule has 0 aliphatic carbocycles. The zero-order valence-corrected chi connectivity index (χ0v) is 17.0. The van der Waals surface area contributed by atoms with Crippen LogP contribution in [-0.2, 0) is 11.3 Å². The highest BCUT2D eigenvalue weighted by Gasteiger charge is 2.22. The highest BCUT2D eigenvalue weighted by atomic mass is 32.2. The molecule has 0 N–H and O–H groups in total. The number of thiophene rings is 1. The number of Topliss-reactive ketones (excluding diaryl/α,β-unsaturated/α-hetero) is 1. The van der Waals surface area contributed by atoms with Gasteiger partial charge in [-0.05, 0) is 23.9 Å². The van der Waals surface area contributed by atoms with Gasteiger partial charge in [-0.3, -0.25) is 14.2 Å². The smallest absolute Gasteiger partial charge is 0.272 e. The summed E-state index contributed by atoms with van der Waals surface area (Å²) in [6.45, 7) is 8.21. The van der Waals surface area contributed by atoms with Gasteiger partial charge in [-0.15, -0.1) is 11.3 Å². The van der Waals surface area contributed by atoms with E-state index in [1.165, 1.54) is 28.7 Å². The SMILES string of the molecule is Cc1ccc(Cn2c(SCC(=O)C(C)(C)C)nc3ccsc3c2=O)cc1. The van der Waals surface area contributed by atoms with Gasteiger partial charge in [0.2, 0.25) is 0 Å². The Balaban J connectivity index is 1.98. The van der Waals surface area contributed by atoms with Gasteiger partial charge in [0, 0.05) is 5.41 Å². The molecule has 1 aromatic carbocycles. The molecular weight excluding hydrogens is 364 g/mol. The zero-order chi connectivity index (χ0) is 18.9. The molecule has 0 radical (unpaired) electrons. The van der Waals surface area contributed by atoms with Crippen LogP contribution >= 0.6 is 23.1 Å². The minimum Gasteiger partial charge on any atom is -0.298 e. The Kier molecular flexibility index (Phi) is 5.34. The molecule has 2 heterocycles. The zero-order valence-electron chi connectivity index (χ0n) is 15.4. The molecule has 3 aromatic rings. The molecule has 0 spiro atoms. The molecule has 0 bridgehead atoms. The summed E-state index contributed by atoms with van der Waals surface area (Å²) in [6, 6.07) is 9.97. The lowest BCUT2D eigenvalue weighted by atomic mass is 9.92. The number of benzene rings is 1. The van der Waals surface area contributed by atoms with Crippen LogP contribution in [0.25, 0.3) is 10.2 Å². The molecule has 0 saturated carbocycles. The Morgan fingerprint density at radius 1 is 1.19 bits per heavy atom. The number of aryl methyl sites for hydroxylation is 1. The lowest BCUT2D eigenvalue weighted by molar-refractivity contribution is -0.123. The van der Waals surface area contributed by atoms with Crippen molar-refractivity contribution in [2.45, 2.75) is 39.4 Å². The lowest BCUT2D eigenvalue weighted by Gasteiger charge is -2.17. The molecule has 3 rings (SSSR count). The summed E-state index contributed by atoms with van der Waals surface area (Å²) < 4.78 is 2.34. The van der Waals surface area contributed by atoms with E-state index in [9.17, 15) is 9.59 Å². The van der Waals surface area contributed by atoms with Gasteiger partial charge in [-0.1, -0.05) is 62.4 Å². The summed E-state index contributed by atoms with van der Waals surface area (Å²) in [5.41, 5.74) is 2.47. The second-order valence-electron chi connectivity index (χ2n) is 7.37. The molecule has 0 amide bonds. The normalized spacial score (nSPS) is 11.8. The topological polar surface area (TPSA) is 52.0 Å². The Morgan fingerprint density at radius 3 is 2.54 bits per heavy atom. The van der Waals surface area contributed by atoms with Gasteiger partial charge in [0.25, 0.3) is 5.56 Å². The summed E-state index contributed by atoms with van der Waals surface area (Å²) in [5.74, 6) is 0.448. The average Bonchev–Trinajstić information content (AvgIpc) is 3.05. The van der Waals surface area contributed by atoms with Crippen molar-refractivity contribution in [3.63, 3.8) is 0 Å². The highest BCUT2D eigenvalue weighted by Crippen LogP contribution is 2.25. The van der Waals surface area contributed by atoms with Crippen molar-refractivity contribution in [3.8, 4) is 0 Å². The Hall–Kier alpha value is -1.92. The number of ketones is 1. The van der Waals surface area contributed by atoms with Crippen LogP contribution in [0.2, 0.25) is 0 Å². The van der Waals surface area contributed by atoms with Crippen molar-refractivity contribution in [1.29, 1.82) is 0 Å². The van der Waals surface area contributed by atoms with Crippen molar-refractivity contribution >= 4 is 39.1 Å². The first-order chi connectivity index (χ1) is 12.3. The molecule has 26 heavy (non-hydrogen) atoms. The summed E-state index contributed by atoms with van der Waals surface area (Å²) in [4.78, 5) is 29.9. The van der Waals surface area contributed by atoms with Crippen molar-refractivity contribution < 1.29 is 4.79 Å². The molecule has 6 heteroatoms. The van der Waals surface area contributed by atoms with Gasteiger partial charge in [-0.25, -0.2) is 4.98 Å². The summed E-state index contributed by atoms with van der Waals surface area (Å²) in [6.07, 6.45) is 0. The first-order valence-corrected chi connectivity index (χ1v) is 10.3. The van der Waals surface area contributed by atoms with Gasteiger partial charge in [0.15, 0.2) is 5.16 Å². The second-order valence-corrected chi connectivity index (χ2v) is 9.23. The third kappa shape index (κ3) is 4.07. The quantitative estimate of drug-likeness (QED) is 0.478. The predicted molar refractivity (Wildman–Crippen MR) is 109 cm³/mol. The molecule has 0 atom stereocenters. The number of aromatic nitrogens is 2. The number of rotatable bonds is 5. The first-order valence-electron chi connectivity index (χ1n) is 8.45. The standard InChI is InChI=1S/C20H22N2O2S2/c1-13-5-7-14(8-6-13)11-22-18(24)17-15(9-10-25-17)21-19(22)26-12-16(23)20(2,3)4/h5-10H,11-12H2,1-4H3. The van der Waals surface area contributed by atoms with Gasteiger partial charge in [0.1, 0.15) is 10.5 Å². The molecule has 2 aromatic heterocycles. The molecule has 0 fully saturated rings. The van der Waals surface area contributed by atoms with E-state index in [0.717, 1.165) is 5.56 Å². The third-order valence-electron chi connectivity index (χ3n) is 4.16. The molecule has 0 unspecified atom stereocenters. The predicted octanol–water partition coefficient (Wildman–Crippen LogP) is 4.52. The summed E-state index contributed by atoms with van der Waals surface area (Å²) in [5, 5.41) is 2.48. The number of hydrogen-bond donors (Lipinski definition) is 0. The number of carbonyl (C=O) groups is 1. The number of thioether (sulfide) groups is 1. The second kappa shape index (κ2) is 7.37. The lowest BCUT2D eigenvalue weighted by Crippen LogP contribution is -2.25. The van der Waals surface area contributed by atoms with Crippen LogP contribution in [0.1, 0.15) is 31.9 Å². The fourth-order valence-electron chi connectivity index (χ4n) is 2.40. The van der Waals surface area contributed by atoms with Crippen LogP contribution in [0.4, 0.5) is 0 Å². The highest BCUT2D eigenvalue weighted by molar-refractivity contribution is 7.99. The van der Waals surface area contributed by atoms with E-state index >= 15 is 0 Å². The number of hydrogen-bond acceptors (Lipinski definition) is 5. The Labute approximate surface area is 161 Å². The van der Waals surface area contributed by atoms with Crippen molar-refractivity contribution in [1.82, 2.24) is 9.55 Å². The average molecular weight is 387 g/mol. The van der Waals surface area contributed by atoms with E-state index in [0.29, 0.717) is 27.7 Å². The van der Waals surface area contributed by atoms with Crippen LogP contribution in [0.3, 0.4) is 0 Å². The van der Waals surface area contributed by atoms with Gasteiger partial charge >= 0.3 is 0 Å².